The fourth-order valence-electron chi connectivity index (χ4n) is 4.10. The summed E-state index contributed by atoms with van der Waals surface area (Å²) in [5, 5.41) is 12.6. The summed E-state index contributed by atoms with van der Waals surface area (Å²) < 4.78 is 10.9. The number of unbranched alkanes of at least 4 members (excludes halogenated alkanes) is 9. The minimum atomic E-state index is 0.0796. The van der Waals surface area contributed by atoms with Gasteiger partial charge in [0.15, 0.2) is 11.5 Å². The van der Waals surface area contributed by atoms with Gasteiger partial charge in [-0.3, -0.25) is 4.79 Å². The van der Waals surface area contributed by atoms with Crippen molar-refractivity contribution in [3.8, 4) is 11.5 Å². The van der Waals surface area contributed by atoms with Crippen molar-refractivity contribution in [2.75, 3.05) is 7.11 Å². The van der Waals surface area contributed by atoms with Crippen molar-refractivity contribution >= 4 is 5.91 Å². The number of methoxy groups -OCH3 is 1. The van der Waals surface area contributed by atoms with Crippen LogP contribution in [0.4, 0.5) is 0 Å². The number of carbonyl (C=O) groups excluding carboxylic acids is 1. The highest BCUT2D eigenvalue weighted by atomic mass is 16.6. The molecule has 0 unspecified atom stereocenters. The first-order valence-corrected chi connectivity index (χ1v) is 12.4. The maximum Gasteiger partial charge on any atom is 0.220 e. The Bertz CT molecular complexity index is 634. The first kappa shape index (κ1) is 25.5. The van der Waals surface area contributed by atoms with Crippen molar-refractivity contribution < 1.29 is 19.4 Å². The zero-order valence-corrected chi connectivity index (χ0v) is 19.7. The number of amides is 1. The summed E-state index contributed by atoms with van der Waals surface area (Å²) in [5.74, 6) is 0.618. The molecule has 5 nitrogen and oxygen atoms in total. The summed E-state index contributed by atoms with van der Waals surface area (Å²) >= 11 is 0. The Kier molecular flexibility index (Phi) is 12.4. The summed E-state index contributed by atoms with van der Waals surface area (Å²) in [4.78, 5) is 12.0. The van der Waals surface area contributed by atoms with Gasteiger partial charge in [-0.1, -0.05) is 77.2 Å². The number of ether oxygens (including phenoxy) is 2. The van der Waals surface area contributed by atoms with Crippen molar-refractivity contribution in [1.29, 1.82) is 0 Å². The van der Waals surface area contributed by atoms with Gasteiger partial charge in [0.05, 0.1) is 19.3 Å². The quantitative estimate of drug-likeness (QED) is 0.211. The molecule has 176 valence electrons. The van der Waals surface area contributed by atoms with Crippen LogP contribution in [0, 0.1) is 0 Å². The molecular formula is C26H43NO4. The molecular weight excluding hydrogens is 390 g/mol. The molecule has 1 aliphatic heterocycles. The van der Waals surface area contributed by atoms with E-state index in [-0.39, 0.29) is 11.7 Å². The van der Waals surface area contributed by atoms with Crippen LogP contribution < -0.4 is 10.1 Å². The van der Waals surface area contributed by atoms with Crippen LogP contribution in [0.1, 0.15) is 102 Å². The summed E-state index contributed by atoms with van der Waals surface area (Å²) in [7, 11) is 1.52. The Morgan fingerprint density at radius 2 is 1.58 bits per heavy atom. The third-order valence-corrected chi connectivity index (χ3v) is 6.16. The normalized spacial score (nSPS) is 17.5. The lowest BCUT2D eigenvalue weighted by atomic mass is 10.0. The highest BCUT2D eigenvalue weighted by Gasteiger charge is 2.36. The van der Waals surface area contributed by atoms with Gasteiger partial charge in [0, 0.05) is 13.0 Å². The lowest BCUT2D eigenvalue weighted by molar-refractivity contribution is -0.121. The third-order valence-electron chi connectivity index (χ3n) is 6.16. The van der Waals surface area contributed by atoms with Crippen LogP contribution in [0.3, 0.4) is 0 Å². The van der Waals surface area contributed by atoms with Gasteiger partial charge < -0.3 is 19.9 Å². The minimum absolute atomic E-state index is 0.0796. The van der Waals surface area contributed by atoms with Crippen LogP contribution in [-0.2, 0) is 16.1 Å². The lowest BCUT2D eigenvalue weighted by Gasteiger charge is -2.08. The van der Waals surface area contributed by atoms with E-state index < -0.39 is 0 Å². The number of aromatic hydroxyl groups is 1. The van der Waals surface area contributed by atoms with Gasteiger partial charge >= 0.3 is 0 Å². The van der Waals surface area contributed by atoms with E-state index in [9.17, 15) is 9.90 Å². The van der Waals surface area contributed by atoms with Gasteiger partial charge in [0.25, 0.3) is 0 Å². The molecule has 0 spiro atoms. The van der Waals surface area contributed by atoms with Gasteiger partial charge in [-0.05, 0) is 37.0 Å². The van der Waals surface area contributed by atoms with E-state index in [2.05, 4.69) is 12.2 Å². The second kappa shape index (κ2) is 15.1. The van der Waals surface area contributed by atoms with E-state index in [1.54, 1.807) is 18.2 Å². The number of epoxide rings is 1. The molecule has 5 heteroatoms. The Balaban J connectivity index is 1.38. The number of phenolic OH excluding ortho intramolecular Hbond substituents is 1. The smallest absolute Gasteiger partial charge is 0.220 e. The number of phenols is 1. The summed E-state index contributed by atoms with van der Waals surface area (Å²) in [6.07, 6.45) is 18.0. The van der Waals surface area contributed by atoms with E-state index in [1.807, 2.05) is 0 Å². The first-order chi connectivity index (χ1) is 15.1. The highest BCUT2D eigenvalue weighted by molar-refractivity contribution is 5.75. The topological polar surface area (TPSA) is 71.1 Å². The fraction of sp³-hybridized carbons (Fsp3) is 0.731. The Morgan fingerprint density at radius 1 is 0.968 bits per heavy atom. The second-order valence-electron chi connectivity index (χ2n) is 8.86. The van der Waals surface area contributed by atoms with E-state index >= 15 is 0 Å². The molecule has 2 N–H and O–H groups in total. The zero-order valence-electron chi connectivity index (χ0n) is 19.7. The van der Waals surface area contributed by atoms with Gasteiger partial charge in [-0.15, -0.1) is 0 Å². The average molecular weight is 434 g/mol. The maximum absolute atomic E-state index is 12.0. The standard InChI is InChI=1S/C26H43NO4/c1-3-4-5-6-8-11-14-23-24(31-23)15-12-9-7-10-13-16-26(29)27-20-21-17-18-22(28)25(19-21)30-2/h17-19,23-24,28H,3-16,20H2,1-2H3,(H,27,29)/t23-,24-/m0/s1. The molecule has 2 atom stereocenters. The van der Waals surface area contributed by atoms with Gasteiger partial charge in [-0.25, -0.2) is 0 Å². The number of hydrogen-bond donors (Lipinski definition) is 2. The van der Waals surface area contributed by atoms with E-state index in [4.69, 9.17) is 9.47 Å². The van der Waals surface area contributed by atoms with Crippen molar-refractivity contribution in [2.24, 2.45) is 0 Å². The van der Waals surface area contributed by atoms with Crippen LogP contribution in [0.2, 0.25) is 0 Å². The molecule has 1 heterocycles. The SMILES string of the molecule is CCCCCCCC[C@@H]1O[C@H]1CCCCCCCC(=O)NCc1ccc(O)c(OC)c1. The average Bonchev–Trinajstić information content (AvgIpc) is 3.53. The predicted molar refractivity (Wildman–Crippen MR) is 125 cm³/mol. The minimum Gasteiger partial charge on any atom is -0.504 e. The Morgan fingerprint density at radius 3 is 2.23 bits per heavy atom. The van der Waals surface area contributed by atoms with Gasteiger partial charge in [-0.2, -0.15) is 0 Å². The lowest BCUT2D eigenvalue weighted by Crippen LogP contribution is -2.22. The van der Waals surface area contributed by atoms with Gasteiger partial charge in [0.1, 0.15) is 0 Å². The van der Waals surface area contributed by atoms with E-state index in [0.717, 1.165) is 18.4 Å². The summed E-state index contributed by atoms with van der Waals surface area (Å²) in [6.45, 7) is 2.72. The molecule has 31 heavy (non-hydrogen) atoms. The summed E-state index contributed by atoms with van der Waals surface area (Å²) in [6, 6.07) is 5.13. The monoisotopic (exact) mass is 433 g/mol. The molecule has 0 bridgehead atoms. The van der Waals surface area contributed by atoms with Crippen LogP contribution in [0.25, 0.3) is 0 Å². The van der Waals surface area contributed by atoms with E-state index in [0.29, 0.717) is 30.9 Å². The summed E-state index contributed by atoms with van der Waals surface area (Å²) in [5.41, 5.74) is 0.917. The maximum atomic E-state index is 12.0. The Hall–Kier alpha value is -1.75. The van der Waals surface area contributed by atoms with Gasteiger partial charge in [0.2, 0.25) is 5.91 Å². The molecule has 2 rings (SSSR count). The molecule has 1 saturated heterocycles. The molecule has 0 saturated carbocycles. The molecule has 1 amide bonds. The number of benzene rings is 1. The van der Waals surface area contributed by atoms with Crippen molar-refractivity contribution in [2.45, 2.75) is 116 Å². The van der Waals surface area contributed by atoms with E-state index in [1.165, 1.54) is 77.7 Å². The van der Waals surface area contributed by atoms with Crippen LogP contribution in [0.15, 0.2) is 18.2 Å². The number of rotatable bonds is 18. The van der Waals surface area contributed by atoms with Crippen LogP contribution >= 0.6 is 0 Å². The predicted octanol–water partition coefficient (Wildman–Crippen LogP) is 6.27. The molecule has 1 aromatic rings. The third kappa shape index (κ3) is 10.9. The van der Waals surface area contributed by atoms with Crippen molar-refractivity contribution in [3.63, 3.8) is 0 Å². The largest absolute Gasteiger partial charge is 0.504 e. The zero-order chi connectivity index (χ0) is 22.3. The molecule has 0 aliphatic carbocycles. The number of hydrogen-bond acceptors (Lipinski definition) is 4. The van der Waals surface area contributed by atoms with Crippen molar-refractivity contribution in [3.05, 3.63) is 23.8 Å². The molecule has 1 aromatic carbocycles. The van der Waals surface area contributed by atoms with Crippen LogP contribution in [-0.4, -0.2) is 30.3 Å². The highest BCUT2D eigenvalue weighted by Crippen LogP contribution is 2.32. The second-order valence-corrected chi connectivity index (χ2v) is 8.86. The Labute approximate surface area is 188 Å². The fourth-order valence-corrected chi connectivity index (χ4v) is 4.10. The molecule has 1 aliphatic rings. The number of carbonyl (C=O) groups is 1. The molecule has 0 radical (unpaired) electrons. The van der Waals surface area contributed by atoms with Crippen LogP contribution in [0.5, 0.6) is 11.5 Å². The molecule has 0 aromatic heterocycles. The molecule has 1 fully saturated rings. The number of nitrogens with one attached hydrogen (secondary N) is 1. The first-order valence-electron chi connectivity index (χ1n) is 12.4. The van der Waals surface area contributed by atoms with Crippen molar-refractivity contribution in [1.82, 2.24) is 5.32 Å².